The monoisotopic (exact) mass is 371 g/mol. The molecule has 0 spiro atoms. The van der Waals surface area contributed by atoms with Crippen molar-refractivity contribution >= 4 is 17.0 Å². The van der Waals surface area contributed by atoms with Crippen LogP contribution in [0.15, 0.2) is 36.2 Å². The van der Waals surface area contributed by atoms with Crippen molar-refractivity contribution in [1.29, 1.82) is 0 Å². The van der Waals surface area contributed by atoms with Crippen molar-refractivity contribution in [3.63, 3.8) is 0 Å². The Balaban J connectivity index is 2.02. The molecule has 6 nitrogen and oxygen atoms in total. The number of alkyl carbamates (subject to hydrolysis) is 1. The predicted octanol–water partition coefficient (Wildman–Crippen LogP) is 4.63. The highest BCUT2D eigenvalue weighted by Crippen LogP contribution is 2.49. The molecule has 1 saturated carbocycles. The first-order valence-electron chi connectivity index (χ1n) is 9.44. The normalized spacial score (nSPS) is 24.9. The summed E-state index contributed by atoms with van der Waals surface area (Å²) >= 11 is 0. The van der Waals surface area contributed by atoms with Gasteiger partial charge in [-0.05, 0) is 63.2 Å². The van der Waals surface area contributed by atoms with Crippen LogP contribution in [-0.4, -0.2) is 29.0 Å². The number of H-pyrrole nitrogens is 1. The molecule has 2 atom stereocenters. The van der Waals surface area contributed by atoms with E-state index in [1.807, 2.05) is 39.1 Å². The van der Waals surface area contributed by atoms with Gasteiger partial charge in [0, 0.05) is 18.7 Å². The van der Waals surface area contributed by atoms with Crippen molar-refractivity contribution < 1.29 is 14.3 Å². The van der Waals surface area contributed by atoms with Crippen LogP contribution in [0.2, 0.25) is 0 Å². The number of hydrogen-bond donors (Lipinski definition) is 2. The number of aromatic amines is 1. The van der Waals surface area contributed by atoms with Crippen LogP contribution in [0, 0.1) is 5.92 Å². The predicted molar refractivity (Wildman–Crippen MR) is 105 cm³/mol. The third-order valence-electron chi connectivity index (χ3n) is 5.22. The minimum atomic E-state index is -0.614. The standard InChI is InChI=1S/C21H29N3O3/c1-14-8-6-9-15(12-22-19(25)27-20(2,3)4)21(14,26-5)17-10-7-11-18-16(17)13-23-24-18/h7,10-14H,6,8-9H2,1-5H3,(H,22,25)(H,23,24)/b15-12+. The number of nitrogens with zero attached hydrogens (tertiary/aromatic N) is 1. The van der Waals surface area contributed by atoms with Crippen LogP contribution in [-0.2, 0) is 15.1 Å². The van der Waals surface area contributed by atoms with Crippen LogP contribution in [0.25, 0.3) is 10.9 Å². The molecule has 1 aliphatic carbocycles. The number of aromatic nitrogens is 2. The van der Waals surface area contributed by atoms with Gasteiger partial charge >= 0.3 is 6.09 Å². The fourth-order valence-electron chi connectivity index (χ4n) is 4.11. The Morgan fingerprint density at radius 3 is 2.89 bits per heavy atom. The maximum Gasteiger partial charge on any atom is 0.411 e. The van der Waals surface area contributed by atoms with E-state index in [-0.39, 0.29) is 5.92 Å². The summed E-state index contributed by atoms with van der Waals surface area (Å²) in [5.41, 5.74) is 1.94. The summed E-state index contributed by atoms with van der Waals surface area (Å²) in [6.07, 6.45) is 6.10. The third-order valence-corrected chi connectivity index (χ3v) is 5.22. The molecule has 1 fully saturated rings. The number of benzene rings is 1. The molecule has 3 rings (SSSR count). The molecular formula is C21H29N3O3. The van der Waals surface area contributed by atoms with Gasteiger partial charge in [0.2, 0.25) is 0 Å². The summed E-state index contributed by atoms with van der Waals surface area (Å²) in [6, 6.07) is 6.10. The second-order valence-electron chi connectivity index (χ2n) is 8.19. The number of ether oxygens (including phenoxy) is 2. The zero-order valence-electron chi connectivity index (χ0n) is 16.8. The van der Waals surface area contributed by atoms with Crippen molar-refractivity contribution in [2.45, 2.75) is 58.2 Å². The van der Waals surface area contributed by atoms with Gasteiger partial charge in [-0.3, -0.25) is 10.4 Å². The maximum absolute atomic E-state index is 12.2. The van der Waals surface area contributed by atoms with Gasteiger partial charge in [0.1, 0.15) is 11.2 Å². The average Bonchev–Trinajstić information content (AvgIpc) is 3.07. The van der Waals surface area contributed by atoms with Gasteiger partial charge in [-0.1, -0.05) is 19.1 Å². The molecule has 0 saturated heterocycles. The zero-order valence-corrected chi connectivity index (χ0v) is 16.8. The van der Waals surface area contributed by atoms with E-state index in [0.29, 0.717) is 0 Å². The lowest BCUT2D eigenvalue weighted by Crippen LogP contribution is -2.42. The highest BCUT2D eigenvalue weighted by molar-refractivity contribution is 5.83. The Morgan fingerprint density at radius 1 is 1.41 bits per heavy atom. The fraction of sp³-hybridized carbons (Fsp3) is 0.524. The number of hydrogen-bond acceptors (Lipinski definition) is 4. The molecule has 2 aromatic rings. The number of amides is 1. The van der Waals surface area contributed by atoms with Crippen LogP contribution in [0.1, 0.15) is 52.5 Å². The van der Waals surface area contributed by atoms with Gasteiger partial charge in [0.25, 0.3) is 0 Å². The van der Waals surface area contributed by atoms with Crippen molar-refractivity contribution in [3.05, 3.63) is 41.7 Å². The first-order valence-corrected chi connectivity index (χ1v) is 9.44. The zero-order chi connectivity index (χ0) is 19.7. The third kappa shape index (κ3) is 3.72. The summed E-state index contributed by atoms with van der Waals surface area (Å²) in [4.78, 5) is 12.2. The Kier molecular flexibility index (Phi) is 5.29. The minimum absolute atomic E-state index is 0.253. The summed E-state index contributed by atoms with van der Waals surface area (Å²) in [7, 11) is 1.74. The van der Waals surface area contributed by atoms with Gasteiger partial charge in [-0.25, -0.2) is 4.79 Å². The second-order valence-corrected chi connectivity index (χ2v) is 8.19. The SMILES string of the molecule is COC1(c2cccc3[nH]ncc23)/C(=C/NC(=O)OC(C)(C)C)CCCC1C. The molecule has 27 heavy (non-hydrogen) atoms. The van der Waals surface area contributed by atoms with Gasteiger partial charge in [0.15, 0.2) is 0 Å². The van der Waals surface area contributed by atoms with Crippen LogP contribution in [0.5, 0.6) is 0 Å². The number of rotatable bonds is 3. The highest BCUT2D eigenvalue weighted by atomic mass is 16.6. The van der Waals surface area contributed by atoms with Crippen LogP contribution in [0.4, 0.5) is 4.79 Å². The topological polar surface area (TPSA) is 76.2 Å². The summed E-state index contributed by atoms with van der Waals surface area (Å²) in [6.45, 7) is 7.74. The van der Waals surface area contributed by atoms with E-state index in [0.717, 1.165) is 41.3 Å². The summed E-state index contributed by atoms with van der Waals surface area (Å²) in [5, 5.41) is 11.1. The molecule has 1 heterocycles. The average molecular weight is 371 g/mol. The van der Waals surface area contributed by atoms with E-state index in [1.54, 1.807) is 13.3 Å². The van der Waals surface area contributed by atoms with Crippen molar-refractivity contribution in [3.8, 4) is 0 Å². The number of fused-ring (bicyclic) bond motifs is 1. The summed E-state index contributed by atoms with van der Waals surface area (Å²) < 4.78 is 11.6. The van der Waals surface area contributed by atoms with Gasteiger partial charge in [0.05, 0.1) is 11.7 Å². The van der Waals surface area contributed by atoms with Crippen molar-refractivity contribution in [2.24, 2.45) is 5.92 Å². The van der Waals surface area contributed by atoms with Crippen LogP contribution in [0.3, 0.4) is 0 Å². The van der Waals surface area contributed by atoms with E-state index in [2.05, 4.69) is 28.5 Å². The molecule has 1 amide bonds. The molecule has 0 bridgehead atoms. The molecule has 0 radical (unpaired) electrons. The van der Waals surface area contributed by atoms with E-state index in [9.17, 15) is 4.79 Å². The number of carbonyl (C=O) groups is 1. The molecule has 1 aliphatic rings. The molecule has 6 heteroatoms. The lowest BCUT2D eigenvalue weighted by Gasteiger charge is -2.44. The van der Waals surface area contributed by atoms with Crippen LogP contribution >= 0.6 is 0 Å². The Hall–Kier alpha value is -2.34. The molecular weight excluding hydrogens is 342 g/mol. The Morgan fingerprint density at radius 2 is 2.19 bits per heavy atom. The summed E-state index contributed by atoms with van der Waals surface area (Å²) in [5.74, 6) is 0.253. The number of methoxy groups -OCH3 is 1. The van der Waals surface area contributed by atoms with Crippen molar-refractivity contribution in [1.82, 2.24) is 15.5 Å². The minimum Gasteiger partial charge on any atom is -0.444 e. The number of carbonyl (C=O) groups excluding carboxylic acids is 1. The molecule has 2 unspecified atom stereocenters. The second kappa shape index (κ2) is 7.35. The lowest BCUT2D eigenvalue weighted by atomic mass is 9.68. The van der Waals surface area contributed by atoms with Gasteiger partial charge in [-0.2, -0.15) is 5.10 Å². The Labute approximate surface area is 160 Å². The molecule has 1 aromatic heterocycles. The van der Waals surface area contributed by atoms with E-state index in [1.165, 1.54) is 0 Å². The van der Waals surface area contributed by atoms with E-state index >= 15 is 0 Å². The van der Waals surface area contributed by atoms with Crippen molar-refractivity contribution in [2.75, 3.05) is 7.11 Å². The highest BCUT2D eigenvalue weighted by Gasteiger charge is 2.45. The number of nitrogens with one attached hydrogen (secondary N) is 2. The first-order chi connectivity index (χ1) is 12.8. The van der Waals surface area contributed by atoms with E-state index in [4.69, 9.17) is 9.47 Å². The van der Waals surface area contributed by atoms with E-state index < -0.39 is 17.3 Å². The van der Waals surface area contributed by atoms with Gasteiger partial charge in [-0.15, -0.1) is 0 Å². The fourth-order valence-corrected chi connectivity index (χ4v) is 4.11. The largest absolute Gasteiger partial charge is 0.444 e. The first kappa shape index (κ1) is 19.4. The maximum atomic E-state index is 12.2. The van der Waals surface area contributed by atoms with Crippen LogP contribution < -0.4 is 5.32 Å². The Bertz CT molecular complexity index is 850. The lowest BCUT2D eigenvalue weighted by molar-refractivity contribution is -0.0422. The quantitative estimate of drug-likeness (QED) is 0.824. The van der Waals surface area contributed by atoms with Gasteiger partial charge < -0.3 is 9.47 Å². The molecule has 1 aromatic carbocycles. The molecule has 146 valence electrons. The molecule has 2 N–H and O–H groups in total. The molecule has 0 aliphatic heterocycles. The smallest absolute Gasteiger partial charge is 0.411 e.